The van der Waals surface area contributed by atoms with Crippen molar-refractivity contribution in [3.05, 3.63) is 141 Å². The maximum Gasteiger partial charge on any atom is 0.196 e. The van der Waals surface area contributed by atoms with Gasteiger partial charge < -0.3 is 13.6 Å². The van der Waals surface area contributed by atoms with E-state index in [1.165, 1.54) is 0 Å². The van der Waals surface area contributed by atoms with E-state index < -0.39 is 0 Å². The van der Waals surface area contributed by atoms with Crippen molar-refractivity contribution in [2.75, 3.05) is 12.1 Å². The average molecular weight is 591 g/mol. The van der Waals surface area contributed by atoms with Gasteiger partial charge in [-0.25, -0.2) is 0 Å². The Balaban J connectivity index is 1.50. The summed E-state index contributed by atoms with van der Waals surface area (Å²) in [5.74, 6) is 0.568. The van der Waals surface area contributed by atoms with Crippen molar-refractivity contribution >= 4 is 49.3 Å². The van der Waals surface area contributed by atoms with E-state index in [0.29, 0.717) is 28.1 Å². The standard InChI is InChI=1S/C33H23BrN2O4/c1-38-33-24-16-17-39-26(24)19-28-29(33)25(37)18-27(40-28)30-31(20-8-4-2-5-9-20)35-36(23-10-6-3-7-11-23)32(30)21-12-14-22(34)15-13-21/h2-19,30,32H,1H3. The summed E-state index contributed by atoms with van der Waals surface area (Å²) >= 11 is 3.57. The molecule has 2 atom stereocenters. The predicted molar refractivity (Wildman–Crippen MR) is 160 cm³/mol. The van der Waals surface area contributed by atoms with Crippen molar-refractivity contribution in [1.29, 1.82) is 0 Å². The van der Waals surface area contributed by atoms with Gasteiger partial charge in [0.15, 0.2) is 5.43 Å². The molecule has 3 heterocycles. The Morgan fingerprint density at radius 2 is 1.60 bits per heavy atom. The first-order chi connectivity index (χ1) is 19.6. The monoisotopic (exact) mass is 590 g/mol. The molecule has 0 N–H and O–H groups in total. The Labute approximate surface area is 238 Å². The van der Waals surface area contributed by atoms with Crippen LogP contribution in [0.4, 0.5) is 5.69 Å². The number of nitrogens with zero attached hydrogens (tertiary/aromatic N) is 2. The van der Waals surface area contributed by atoms with Gasteiger partial charge in [0, 0.05) is 16.6 Å². The molecule has 0 bridgehead atoms. The molecule has 0 amide bonds. The molecule has 6 nitrogen and oxygen atoms in total. The van der Waals surface area contributed by atoms with E-state index in [4.69, 9.17) is 18.7 Å². The molecule has 7 heteroatoms. The zero-order valence-corrected chi connectivity index (χ0v) is 23.0. The third-order valence-electron chi connectivity index (χ3n) is 7.32. The smallest absolute Gasteiger partial charge is 0.196 e. The van der Waals surface area contributed by atoms with E-state index in [1.807, 2.05) is 77.8 Å². The normalized spacial score (nSPS) is 16.9. The fourth-order valence-electron chi connectivity index (χ4n) is 5.56. The van der Waals surface area contributed by atoms with Gasteiger partial charge in [-0.05, 0) is 41.5 Å². The number of para-hydroxylation sites is 1. The Bertz CT molecular complexity index is 1930. The van der Waals surface area contributed by atoms with Crippen molar-refractivity contribution in [1.82, 2.24) is 0 Å². The van der Waals surface area contributed by atoms with Gasteiger partial charge >= 0.3 is 0 Å². The van der Waals surface area contributed by atoms with Crippen LogP contribution in [0.1, 0.15) is 28.8 Å². The van der Waals surface area contributed by atoms with E-state index in [2.05, 4.69) is 28.1 Å². The molecule has 0 spiro atoms. The Hall–Kier alpha value is -4.62. The van der Waals surface area contributed by atoms with Gasteiger partial charge in [-0.15, -0.1) is 0 Å². The van der Waals surface area contributed by atoms with Gasteiger partial charge in [-0.3, -0.25) is 9.80 Å². The summed E-state index contributed by atoms with van der Waals surface area (Å²) in [6.45, 7) is 0. The second kappa shape index (κ2) is 9.84. The first-order valence-corrected chi connectivity index (χ1v) is 13.7. The Morgan fingerprint density at radius 3 is 2.33 bits per heavy atom. The van der Waals surface area contributed by atoms with Crippen molar-refractivity contribution in [2.45, 2.75) is 12.0 Å². The van der Waals surface area contributed by atoms with Crippen LogP contribution in [0.5, 0.6) is 5.75 Å². The maximum atomic E-state index is 13.8. The number of hydrazone groups is 1. The first kappa shape index (κ1) is 24.4. The lowest BCUT2D eigenvalue weighted by molar-refractivity contribution is 0.422. The minimum atomic E-state index is -0.390. The molecule has 0 saturated heterocycles. The van der Waals surface area contributed by atoms with Gasteiger partial charge in [-0.2, -0.15) is 5.10 Å². The SMILES string of the molecule is COc1c2ccoc2cc2oc(C3C(c4ccccc4)=NN(c4ccccc4)C3c3ccc(Br)cc3)cc(=O)c12. The second-order valence-corrected chi connectivity index (χ2v) is 10.5. The Kier molecular flexibility index (Phi) is 6.01. The first-order valence-electron chi connectivity index (χ1n) is 12.9. The number of benzene rings is 4. The predicted octanol–water partition coefficient (Wildman–Crippen LogP) is 8.06. The van der Waals surface area contributed by atoms with E-state index in [1.54, 1.807) is 31.6 Å². The minimum absolute atomic E-state index is 0.184. The highest BCUT2D eigenvalue weighted by Crippen LogP contribution is 2.47. The zero-order chi connectivity index (χ0) is 27.2. The molecular weight excluding hydrogens is 568 g/mol. The number of methoxy groups -OCH3 is 1. The van der Waals surface area contributed by atoms with E-state index in [0.717, 1.165) is 32.4 Å². The molecule has 0 fully saturated rings. The lowest BCUT2D eigenvalue weighted by Gasteiger charge is -2.28. The molecule has 0 radical (unpaired) electrons. The third kappa shape index (κ3) is 4.01. The summed E-state index contributed by atoms with van der Waals surface area (Å²) in [5, 5.41) is 8.32. The highest BCUT2D eigenvalue weighted by molar-refractivity contribution is 9.10. The number of ether oxygens (including phenoxy) is 1. The summed E-state index contributed by atoms with van der Waals surface area (Å²) in [5.41, 5.74) is 4.55. The number of halogens is 1. The topological polar surface area (TPSA) is 68.2 Å². The zero-order valence-electron chi connectivity index (χ0n) is 21.5. The number of anilines is 1. The summed E-state index contributed by atoms with van der Waals surface area (Å²) in [7, 11) is 1.55. The molecule has 4 aromatic carbocycles. The van der Waals surface area contributed by atoms with Crippen molar-refractivity contribution in [3.8, 4) is 5.75 Å². The largest absolute Gasteiger partial charge is 0.495 e. The molecule has 196 valence electrons. The molecule has 0 aliphatic carbocycles. The van der Waals surface area contributed by atoms with Crippen LogP contribution in [0.2, 0.25) is 0 Å². The third-order valence-corrected chi connectivity index (χ3v) is 7.85. The number of hydrogen-bond donors (Lipinski definition) is 0. The van der Waals surface area contributed by atoms with E-state index in [9.17, 15) is 4.79 Å². The van der Waals surface area contributed by atoms with Crippen LogP contribution >= 0.6 is 15.9 Å². The number of furan rings is 1. The molecule has 7 rings (SSSR count). The number of rotatable bonds is 5. The van der Waals surface area contributed by atoms with Crippen LogP contribution in [-0.2, 0) is 0 Å². The highest BCUT2D eigenvalue weighted by atomic mass is 79.9. The van der Waals surface area contributed by atoms with Gasteiger partial charge in [0.25, 0.3) is 0 Å². The van der Waals surface area contributed by atoms with Crippen molar-refractivity contribution in [2.24, 2.45) is 5.10 Å². The molecule has 1 aliphatic rings. The molecule has 2 unspecified atom stereocenters. The molecule has 1 aliphatic heterocycles. The van der Waals surface area contributed by atoms with Crippen molar-refractivity contribution in [3.63, 3.8) is 0 Å². The van der Waals surface area contributed by atoms with E-state index >= 15 is 0 Å². The van der Waals surface area contributed by atoms with Gasteiger partial charge in [-0.1, -0.05) is 76.6 Å². The Morgan fingerprint density at radius 1 is 0.875 bits per heavy atom. The van der Waals surface area contributed by atoms with Gasteiger partial charge in [0.1, 0.15) is 28.1 Å². The van der Waals surface area contributed by atoms with E-state index in [-0.39, 0.29) is 17.4 Å². The molecule has 2 aromatic heterocycles. The molecule has 6 aromatic rings. The van der Waals surface area contributed by atoms with Crippen LogP contribution in [0, 0.1) is 0 Å². The lowest BCUT2D eigenvalue weighted by atomic mass is 9.84. The molecule has 40 heavy (non-hydrogen) atoms. The quantitative estimate of drug-likeness (QED) is 0.203. The van der Waals surface area contributed by atoms with Crippen LogP contribution in [0.3, 0.4) is 0 Å². The number of fused-ring (bicyclic) bond motifs is 2. The summed E-state index contributed by atoms with van der Waals surface area (Å²) in [6, 6.07) is 33.1. The van der Waals surface area contributed by atoms with Crippen molar-refractivity contribution < 1.29 is 13.6 Å². The van der Waals surface area contributed by atoms with Gasteiger partial charge in [0.05, 0.1) is 42.1 Å². The summed E-state index contributed by atoms with van der Waals surface area (Å²) in [6.07, 6.45) is 1.58. The summed E-state index contributed by atoms with van der Waals surface area (Å²) in [4.78, 5) is 13.8. The van der Waals surface area contributed by atoms with Crippen LogP contribution in [0.25, 0.3) is 21.9 Å². The van der Waals surface area contributed by atoms with Crippen LogP contribution in [0.15, 0.2) is 133 Å². The van der Waals surface area contributed by atoms with Gasteiger partial charge in [0.2, 0.25) is 0 Å². The maximum absolute atomic E-state index is 13.8. The van der Waals surface area contributed by atoms with Crippen LogP contribution in [-0.4, -0.2) is 12.8 Å². The fourth-order valence-corrected chi connectivity index (χ4v) is 5.82. The number of hydrogen-bond acceptors (Lipinski definition) is 6. The second-order valence-electron chi connectivity index (χ2n) is 9.63. The van der Waals surface area contributed by atoms with Crippen LogP contribution < -0.4 is 15.2 Å². The minimum Gasteiger partial charge on any atom is -0.495 e. The summed E-state index contributed by atoms with van der Waals surface area (Å²) < 4.78 is 18.9. The lowest BCUT2D eigenvalue weighted by Crippen LogP contribution is -2.25. The fraction of sp³-hybridized carbons (Fsp3) is 0.0909. The highest BCUT2D eigenvalue weighted by Gasteiger charge is 2.42. The average Bonchev–Trinajstić information content (AvgIpc) is 3.62. The molecular formula is C33H23BrN2O4. The molecule has 0 saturated carbocycles.